The van der Waals surface area contributed by atoms with Crippen molar-refractivity contribution in [2.24, 2.45) is 14.1 Å². The van der Waals surface area contributed by atoms with Gasteiger partial charge in [0.2, 0.25) is 0 Å². The van der Waals surface area contributed by atoms with Crippen LogP contribution in [-0.4, -0.2) is 65.2 Å². The summed E-state index contributed by atoms with van der Waals surface area (Å²) in [6, 6.07) is 15.8. The number of hydrogen-bond donors (Lipinski definition) is 1. The van der Waals surface area contributed by atoms with Gasteiger partial charge in [0.05, 0.1) is 30.2 Å². The highest BCUT2D eigenvalue weighted by Gasteiger charge is 2.29. The molecule has 4 aromatic heterocycles. The lowest BCUT2D eigenvalue weighted by Gasteiger charge is -2.23. The van der Waals surface area contributed by atoms with E-state index in [1.54, 1.807) is 61.2 Å². The molecule has 4 bridgehead atoms. The van der Waals surface area contributed by atoms with Crippen LogP contribution in [0.2, 0.25) is 0 Å². The van der Waals surface area contributed by atoms with Crippen LogP contribution >= 0.6 is 0 Å². The summed E-state index contributed by atoms with van der Waals surface area (Å²) < 4.78 is 43.0. The lowest BCUT2D eigenvalue weighted by molar-refractivity contribution is 0.0771. The van der Waals surface area contributed by atoms with Crippen LogP contribution in [0.5, 0.6) is 11.5 Å². The number of aromatic nitrogens is 6. The molecule has 2 atom stereocenters. The van der Waals surface area contributed by atoms with Crippen molar-refractivity contribution in [1.29, 1.82) is 10.5 Å². The van der Waals surface area contributed by atoms with Gasteiger partial charge in [0.15, 0.2) is 11.6 Å². The number of hydrogen-bond acceptors (Lipinski definition) is 11. The second-order valence-electron chi connectivity index (χ2n) is 14.5. The molecule has 15 nitrogen and oxygen atoms in total. The molecule has 6 aromatic rings. The van der Waals surface area contributed by atoms with Gasteiger partial charge in [0.1, 0.15) is 53.1 Å². The van der Waals surface area contributed by atoms with E-state index in [1.807, 2.05) is 6.07 Å². The Morgan fingerprint density at radius 2 is 1.13 bits per heavy atom. The minimum Gasteiger partial charge on any atom is -0.484 e. The van der Waals surface area contributed by atoms with Crippen LogP contribution in [0.25, 0.3) is 22.3 Å². The molecule has 6 heterocycles. The maximum absolute atomic E-state index is 14.0. The number of benzene rings is 2. The van der Waals surface area contributed by atoms with E-state index in [9.17, 15) is 28.9 Å². The monoisotopic (exact) mass is 811 g/mol. The van der Waals surface area contributed by atoms with Gasteiger partial charge in [-0.3, -0.25) is 23.9 Å². The van der Waals surface area contributed by atoms with Gasteiger partial charge < -0.3 is 25.0 Å². The first-order valence-electron chi connectivity index (χ1n) is 18.7. The van der Waals surface area contributed by atoms with E-state index in [2.05, 4.69) is 32.3 Å². The summed E-state index contributed by atoms with van der Waals surface area (Å²) in [6.07, 6.45) is 1.94. The van der Waals surface area contributed by atoms with Crippen LogP contribution in [-0.2, 0) is 27.2 Å². The molecule has 2 aliphatic heterocycles. The molecule has 2 amide bonds. The van der Waals surface area contributed by atoms with Crippen molar-refractivity contribution in [1.82, 2.24) is 39.3 Å². The van der Waals surface area contributed by atoms with Crippen LogP contribution in [0.3, 0.4) is 0 Å². The summed E-state index contributed by atoms with van der Waals surface area (Å²) in [5.74, 6) is -0.600. The Morgan fingerprint density at radius 3 is 1.60 bits per heavy atom. The highest BCUT2D eigenvalue weighted by Crippen LogP contribution is 2.37. The fraction of sp³-hybridized carbons (Fsp3) is 0.256. The Labute approximate surface area is 343 Å². The zero-order valence-corrected chi connectivity index (χ0v) is 33.8. The van der Waals surface area contributed by atoms with E-state index in [-0.39, 0.29) is 36.5 Å². The van der Waals surface area contributed by atoms with Gasteiger partial charge in [0, 0.05) is 85.1 Å². The molecule has 304 valence electrons. The van der Waals surface area contributed by atoms with Crippen molar-refractivity contribution in [3.05, 3.63) is 123 Å². The van der Waals surface area contributed by atoms with Crippen LogP contribution in [0.4, 0.5) is 14.6 Å². The lowest BCUT2D eigenvalue weighted by atomic mass is 10.00. The second-order valence-corrected chi connectivity index (χ2v) is 14.5. The number of carbonyl (C=O) groups is 2. The van der Waals surface area contributed by atoms with Crippen molar-refractivity contribution < 1.29 is 27.8 Å². The third kappa shape index (κ3) is 7.44. The Bertz CT molecular complexity index is 2610. The van der Waals surface area contributed by atoms with E-state index in [1.165, 1.54) is 61.8 Å². The number of halogens is 2. The highest BCUT2D eigenvalue weighted by molar-refractivity contribution is 5.96. The Morgan fingerprint density at radius 1 is 0.700 bits per heavy atom. The summed E-state index contributed by atoms with van der Waals surface area (Å²) in [7, 11) is 6.62. The van der Waals surface area contributed by atoms with Crippen molar-refractivity contribution in [2.45, 2.75) is 46.1 Å². The molecule has 17 heteroatoms. The van der Waals surface area contributed by atoms with E-state index < -0.39 is 23.8 Å². The third-order valence-electron chi connectivity index (χ3n) is 10.4. The Kier molecular flexibility index (Phi) is 10.8. The quantitative estimate of drug-likeness (QED) is 0.180. The number of pyridine rings is 2. The molecule has 0 spiro atoms. The third-order valence-corrected chi connectivity index (χ3v) is 10.4. The lowest BCUT2D eigenvalue weighted by Crippen LogP contribution is -2.28. The van der Waals surface area contributed by atoms with Crippen molar-refractivity contribution in [2.75, 3.05) is 19.8 Å². The number of nitrogens with two attached hydrogens (primary N) is 1. The number of ether oxygens (including phenoxy) is 2. The fourth-order valence-electron chi connectivity index (χ4n) is 7.34. The molecule has 8 rings (SSSR count). The first-order valence-corrected chi connectivity index (χ1v) is 18.7. The molecular formula is C43H39F2N11O4. The fourth-order valence-corrected chi connectivity index (χ4v) is 7.34. The van der Waals surface area contributed by atoms with E-state index in [4.69, 9.17) is 15.2 Å². The second kappa shape index (κ2) is 15.9. The largest absolute Gasteiger partial charge is 0.484 e. The maximum atomic E-state index is 14.0. The van der Waals surface area contributed by atoms with Crippen LogP contribution in [0, 0.1) is 41.2 Å². The minimum absolute atomic E-state index is 0.146. The number of nitrogen functional groups attached to an aromatic ring is 1. The molecule has 60 heavy (non-hydrogen) atoms. The molecule has 2 aromatic carbocycles. The van der Waals surface area contributed by atoms with Gasteiger partial charge in [-0.15, -0.1) is 0 Å². The Hall–Kier alpha value is -7.66. The van der Waals surface area contributed by atoms with Gasteiger partial charge in [-0.05, 0) is 69.3 Å². The van der Waals surface area contributed by atoms with Gasteiger partial charge in [-0.2, -0.15) is 20.7 Å². The summed E-state index contributed by atoms with van der Waals surface area (Å²) in [5.41, 5.74) is 12.4. The minimum atomic E-state index is -0.671. The number of nitriles is 2. The predicted molar refractivity (Wildman–Crippen MR) is 214 cm³/mol. The summed E-state index contributed by atoms with van der Waals surface area (Å²) in [4.78, 5) is 38.0. The smallest absolute Gasteiger partial charge is 0.254 e. The number of anilines is 1. The molecule has 0 unspecified atom stereocenters. The zero-order chi connectivity index (χ0) is 43.2. The van der Waals surface area contributed by atoms with E-state index in [0.717, 1.165) is 0 Å². The number of nitrogens with zero attached hydrogens (tertiary/aromatic N) is 10. The topological polar surface area (TPSA) is 194 Å². The van der Waals surface area contributed by atoms with Gasteiger partial charge in [-0.1, -0.05) is 0 Å². The summed E-state index contributed by atoms with van der Waals surface area (Å²) in [5, 5.41) is 28.2. The standard InChI is InChI=1S/C22H20FN5O2.C21H19FN6O2/c1-12-20-7-14(10-25-12)21-18(26-28(4)19(21)9-24)11-27(3)22(29)16-6-5-15(23)8-17(16)13(2)30-20;1-11-15-7-13(22)4-5-14(15)21(29)27(2)10-16-19(17(8-23)28(3)26-16)12-6-18(30-11)20(24)25-9-12/h5-8,10,13H,11H2,1-4H3;4-7,9,11H,10H2,1-3H3,(H2,24,25)/t13-;11-/m11/s1. The number of carbonyl (C=O) groups excluding carboxylic acids is 2. The molecule has 0 radical (unpaired) electrons. The molecular weight excluding hydrogens is 773 g/mol. The van der Waals surface area contributed by atoms with Crippen LogP contribution < -0.4 is 15.2 Å². The molecule has 2 aliphatic rings. The number of rotatable bonds is 0. The molecule has 0 saturated heterocycles. The number of fused-ring (bicyclic) bond motifs is 10. The average Bonchev–Trinajstić information content (AvgIpc) is 3.71. The first-order chi connectivity index (χ1) is 28.6. The summed E-state index contributed by atoms with van der Waals surface area (Å²) >= 11 is 0. The van der Waals surface area contributed by atoms with Crippen LogP contribution in [0.15, 0.2) is 60.9 Å². The normalized spacial score (nSPS) is 15.9. The molecule has 2 N–H and O–H groups in total. The van der Waals surface area contributed by atoms with Crippen molar-refractivity contribution in [3.8, 4) is 45.9 Å². The van der Waals surface area contributed by atoms with Gasteiger partial charge >= 0.3 is 0 Å². The molecule has 0 aliphatic carbocycles. The number of amides is 2. The highest BCUT2D eigenvalue weighted by atomic mass is 19.1. The SMILES string of the molecule is C[C@H]1Oc2cc(cnc2N)-c2c(nn(C)c2C#N)CN(C)C(=O)c2ccc(F)cc21.Cc1ncc2cc1O[C@H](C)c1cc(F)ccc1C(=O)N(C)Cc1nn(C)c(C#N)c1-2. The zero-order valence-electron chi connectivity index (χ0n) is 33.8. The first kappa shape index (κ1) is 40.5. The van der Waals surface area contributed by atoms with Crippen LogP contribution in [0.1, 0.15) is 86.4 Å². The maximum Gasteiger partial charge on any atom is 0.254 e. The van der Waals surface area contributed by atoms with Crippen molar-refractivity contribution >= 4 is 17.6 Å². The van der Waals surface area contributed by atoms with E-state index >= 15 is 0 Å². The van der Waals surface area contributed by atoms with Crippen molar-refractivity contribution in [3.63, 3.8) is 0 Å². The molecule has 0 saturated carbocycles. The predicted octanol–water partition coefficient (Wildman–Crippen LogP) is 6.33. The summed E-state index contributed by atoms with van der Waals surface area (Å²) in [6.45, 7) is 5.60. The van der Waals surface area contributed by atoms with E-state index in [0.29, 0.717) is 78.7 Å². The average molecular weight is 812 g/mol. The van der Waals surface area contributed by atoms with Gasteiger partial charge in [0.25, 0.3) is 11.8 Å². The molecule has 0 fully saturated rings. The Balaban J connectivity index is 0.000000181. The van der Waals surface area contributed by atoms with Gasteiger partial charge in [-0.25, -0.2) is 13.8 Å². The number of aryl methyl sites for hydroxylation is 3.